The molecule has 1 fully saturated rings. The van der Waals surface area contributed by atoms with Crippen LogP contribution >= 0.6 is 0 Å². The summed E-state index contributed by atoms with van der Waals surface area (Å²) in [5.41, 5.74) is 5.36. The number of carbonyl (C=O) groups is 1. The van der Waals surface area contributed by atoms with Crippen molar-refractivity contribution in [3.8, 4) is 0 Å². The lowest BCUT2D eigenvalue weighted by atomic mass is 9.71. The quantitative estimate of drug-likeness (QED) is 0.585. The fourth-order valence-electron chi connectivity index (χ4n) is 2.38. The second kappa shape index (κ2) is 7.10. The van der Waals surface area contributed by atoms with Crippen molar-refractivity contribution in [1.82, 2.24) is 0 Å². The number of hydrogen-bond donors (Lipinski definition) is 1. The smallest absolute Gasteiger partial charge is 0.313 e. The van der Waals surface area contributed by atoms with Crippen molar-refractivity contribution in [1.29, 1.82) is 0 Å². The molecule has 0 saturated heterocycles. The van der Waals surface area contributed by atoms with E-state index in [9.17, 15) is 4.79 Å². The minimum atomic E-state index is -0.440. The van der Waals surface area contributed by atoms with Gasteiger partial charge in [0.2, 0.25) is 0 Å². The van der Waals surface area contributed by atoms with E-state index in [0.29, 0.717) is 25.7 Å². The first-order valence-electron chi connectivity index (χ1n) is 6.99. The zero-order chi connectivity index (χ0) is 13.6. The van der Waals surface area contributed by atoms with Crippen LogP contribution in [0.5, 0.6) is 0 Å². The van der Waals surface area contributed by atoms with E-state index >= 15 is 0 Å². The molecule has 0 aromatic rings. The summed E-state index contributed by atoms with van der Waals surface area (Å²) in [7, 11) is 0. The Morgan fingerprint density at radius 1 is 1.33 bits per heavy atom. The van der Waals surface area contributed by atoms with Crippen LogP contribution in [0.3, 0.4) is 0 Å². The van der Waals surface area contributed by atoms with E-state index in [0.717, 1.165) is 25.7 Å². The fraction of sp³-hybridized carbons (Fsp3) is 0.929. The molecule has 1 aliphatic carbocycles. The molecule has 18 heavy (non-hydrogen) atoms. The van der Waals surface area contributed by atoms with Crippen molar-refractivity contribution >= 4 is 5.97 Å². The highest BCUT2D eigenvalue weighted by molar-refractivity contribution is 5.77. The second-order valence-corrected chi connectivity index (χ2v) is 5.72. The molecule has 0 radical (unpaired) electrons. The van der Waals surface area contributed by atoms with Gasteiger partial charge < -0.3 is 15.2 Å². The Labute approximate surface area is 110 Å². The normalized spacial score (nSPS) is 28.4. The molecule has 0 bridgehead atoms. The minimum Gasteiger partial charge on any atom is -0.463 e. The maximum Gasteiger partial charge on any atom is 0.313 e. The summed E-state index contributed by atoms with van der Waals surface area (Å²) in [5.74, 6) is 0.561. The van der Waals surface area contributed by atoms with Crippen LogP contribution in [0, 0.1) is 11.3 Å². The van der Waals surface area contributed by atoms with Crippen LogP contribution in [-0.2, 0) is 14.3 Å². The predicted octanol–water partition coefficient (Wildman–Crippen LogP) is 2.11. The number of rotatable bonds is 6. The Kier molecular flexibility index (Phi) is 6.09. The van der Waals surface area contributed by atoms with Crippen LogP contribution in [0.15, 0.2) is 0 Å². The molecule has 0 aliphatic heterocycles. The van der Waals surface area contributed by atoms with Gasteiger partial charge in [-0.25, -0.2) is 0 Å². The van der Waals surface area contributed by atoms with Crippen LogP contribution < -0.4 is 5.73 Å². The average Bonchev–Trinajstić information content (AvgIpc) is 2.35. The van der Waals surface area contributed by atoms with Gasteiger partial charge in [0.05, 0.1) is 18.1 Å². The topological polar surface area (TPSA) is 61.6 Å². The Morgan fingerprint density at radius 2 is 1.94 bits per heavy atom. The van der Waals surface area contributed by atoms with Gasteiger partial charge in [0.1, 0.15) is 6.61 Å². The molecular formula is C14H27NO3. The molecule has 4 nitrogen and oxygen atoms in total. The first kappa shape index (κ1) is 15.4. The first-order valence-corrected chi connectivity index (χ1v) is 6.99. The predicted molar refractivity (Wildman–Crippen MR) is 71.2 cm³/mol. The Morgan fingerprint density at radius 3 is 2.44 bits per heavy atom. The molecule has 0 aromatic heterocycles. The van der Waals surface area contributed by atoms with Crippen molar-refractivity contribution in [2.75, 3.05) is 19.8 Å². The van der Waals surface area contributed by atoms with Crippen molar-refractivity contribution < 1.29 is 14.3 Å². The highest BCUT2D eigenvalue weighted by Gasteiger charge is 2.41. The summed E-state index contributed by atoms with van der Waals surface area (Å²) in [6.45, 7) is 7.33. The molecule has 0 aromatic carbocycles. The summed E-state index contributed by atoms with van der Waals surface area (Å²) in [4.78, 5) is 12.1. The van der Waals surface area contributed by atoms with Gasteiger partial charge in [-0.05, 0) is 45.4 Å². The summed E-state index contributed by atoms with van der Waals surface area (Å²) in [5, 5.41) is 0. The van der Waals surface area contributed by atoms with E-state index in [1.165, 1.54) is 0 Å². The molecule has 1 rings (SSSR count). The third-order valence-corrected chi connectivity index (χ3v) is 3.82. The van der Waals surface area contributed by atoms with Gasteiger partial charge in [-0.2, -0.15) is 0 Å². The van der Waals surface area contributed by atoms with Crippen LogP contribution in [0.1, 0.15) is 46.5 Å². The largest absolute Gasteiger partial charge is 0.463 e. The van der Waals surface area contributed by atoms with Crippen molar-refractivity contribution in [2.45, 2.75) is 52.6 Å². The molecule has 0 heterocycles. The average molecular weight is 257 g/mol. The Bertz CT molecular complexity index is 258. The highest BCUT2D eigenvalue weighted by atomic mass is 16.6. The lowest BCUT2D eigenvalue weighted by Gasteiger charge is -2.36. The van der Waals surface area contributed by atoms with Gasteiger partial charge in [-0.3, -0.25) is 4.79 Å². The number of esters is 1. The van der Waals surface area contributed by atoms with E-state index in [-0.39, 0.29) is 12.1 Å². The summed E-state index contributed by atoms with van der Waals surface area (Å²) in [6, 6.07) is 0. The van der Waals surface area contributed by atoms with E-state index in [1.54, 1.807) is 0 Å². The van der Waals surface area contributed by atoms with Gasteiger partial charge >= 0.3 is 5.97 Å². The highest BCUT2D eigenvalue weighted by Crippen LogP contribution is 2.39. The minimum absolute atomic E-state index is 0.135. The van der Waals surface area contributed by atoms with Crippen molar-refractivity contribution in [3.63, 3.8) is 0 Å². The standard InChI is InChI=1S/C14H27NO3/c1-11(2)17-8-9-18-13(16)14(10-15)6-4-12(3)5-7-14/h11-12H,4-10,15H2,1-3H3. The van der Waals surface area contributed by atoms with Gasteiger partial charge in [0, 0.05) is 6.54 Å². The maximum atomic E-state index is 12.1. The first-order chi connectivity index (χ1) is 8.50. The lowest BCUT2D eigenvalue weighted by molar-refractivity contribution is -0.160. The zero-order valence-corrected chi connectivity index (χ0v) is 11.9. The summed E-state index contributed by atoms with van der Waals surface area (Å²) >= 11 is 0. The molecular weight excluding hydrogens is 230 g/mol. The summed E-state index contributed by atoms with van der Waals surface area (Å²) in [6.07, 6.45) is 4.01. The van der Waals surface area contributed by atoms with Crippen LogP contribution in [0.4, 0.5) is 0 Å². The van der Waals surface area contributed by atoms with Gasteiger partial charge in [-0.15, -0.1) is 0 Å². The van der Waals surface area contributed by atoms with Gasteiger partial charge in [0.25, 0.3) is 0 Å². The second-order valence-electron chi connectivity index (χ2n) is 5.72. The molecule has 0 unspecified atom stereocenters. The molecule has 4 heteroatoms. The molecule has 0 amide bonds. The van der Waals surface area contributed by atoms with E-state index in [2.05, 4.69) is 6.92 Å². The maximum absolute atomic E-state index is 12.1. The number of nitrogens with two attached hydrogens (primary N) is 1. The third-order valence-electron chi connectivity index (χ3n) is 3.82. The molecule has 1 saturated carbocycles. The Hall–Kier alpha value is -0.610. The van der Waals surface area contributed by atoms with Crippen LogP contribution in [0.25, 0.3) is 0 Å². The lowest BCUT2D eigenvalue weighted by Crippen LogP contribution is -2.43. The number of carbonyl (C=O) groups excluding carboxylic acids is 1. The molecule has 1 aliphatic rings. The zero-order valence-electron chi connectivity index (χ0n) is 11.9. The molecule has 0 atom stereocenters. The molecule has 0 spiro atoms. The van der Waals surface area contributed by atoms with Crippen molar-refractivity contribution in [3.05, 3.63) is 0 Å². The van der Waals surface area contributed by atoms with Crippen LogP contribution in [-0.4, -0.2) is 31.8 Å². The van der Waals surface area contributed by atoms with E-state index < -0.39 is 5.41 Å². The summed E-state index contributed by atoms with van der Waals surface area (Å²) < 4.78 is 10.7. The van der Waals surface area contributed by atoms with Crippen LogP contribution in [0.2, 0.25) is 0 Å². The Balaban J connectivity index is 2.37. The number of ether oxygens (including phenoxy) is 2. The van der Waals surface area contributed by atoms with E-state index in [4.69, 9.17) is 15.2 Å². The van der Waals surface area contributed by atoms with Gasteiger partial charge in [0.15, 0.2) is 0 Å². The van der Waals surface area contributed by atoms with Crippen molar-refractivity contribution in [2.24, 2.45) is 17.1 Å². The fourth-order valence-corrected chi connectivity index (χ4v) is 2.38. The SMILES string of the molecule is CC1CCC(CN)(C(=O)OCCOC(C)C)CC1. The molecule has 106 valence electrons. The van der Waals surface area contributed by atoms with E-state index in [1.807, 2.05) is 13.8 Å². The third kappa shape index (κ3) is 4.25. The monoisotopic (exact) mass is 257 g/mol. The van der Waals surface area contributed by atoms with Gasteiger partial charge in [-0.1, -0.05) is 6.92 Å². The molecule has 2 N–H and O–H groups in total. The number of hydrogen-bond acceptors (Lipinski definition) is 4.